The van der Waals surface area contributed by atoms with Crippen LogP contribution in [0.3, 0.4) is 0 Å². The monoisotopic (exact) mass is 349 g/mol. The molecule has 2 heterocycles. The quantitative estimate of drug-likeness (QED) is 0.654. The van der Waals surface area contributed by atoms with E-state index < -0.39 is 28.7 Å². The predicted octanol–water partition coefficient (Wildman–Crippen LogP) is 3.39. The Morgan fingerprint density at radius 1 is 1.61 bits per heavy atom. The van der Waals surface area contributed by atoms with Gasteiger partial charge in [0, 0.05) is 17.9 Å². The van der Waals surface area contributed by atoms with Gasteiger partial charge in [0.05, 0.1) is 13.2 Å². The second kappa shape index (κ2) is 6.92. The second-order valence-electron chi connectivity index (χ2n) is 5.26. The number of esters is 1. The molecule has 1 fully saturated rings. The molecule has 1 aromatic heterocycles. The van der Waals surface area contributed by atoms with Gasteiger partial charge in [-0.15, -0.1) is 17.9 Å². The number of hydrogen-bond donors (Lipinski definition) is 1. The Labute approximate surface area is 136 Å². The molecule has 0 aromatic carbocycles. The van der Waals surface area contributed by atoms with E-state index in [1.807, 2.05) is 0 Å². The first kappa shape index (κ1) is 17.8. The zero-order valence-electron chi connectivity index (χ0n) is 12.6. The van der Waals surface area contributed by atoms with Crippen molar-refractivity contribution in [3.63, 3.8) is 0 Å². The predicted molar refractivity (Wildman–Crippen MR) is 80.5 cm³/mol. The summed E-state index contributed by atoms with van der Waals surface area (Å²) in [5.41, 5.74) is -1.36. The first-order valence-electron chi connectivity index (χ1n) is 7.11. The van der Waals surface area contributed by atoms with Crippen molar-refractivity contribution >= 4 is 17.3 Å². The van der Waals surface area contributed by atoms with Crippen molar-refractivity contribution < 1.29 is 27.4 Å². The van der Waals surface area contributed by atoms with Gasteiger partial charge in [0.25, 0.3) is 0 Å². The first-order valence-corrected chi connectivity index (χ1v) is 7.99. The normalized spacial score (nSPS) is 25.0. The summed E-state index contributed by atoms with van der Waals surface area (Å²) in [5, 5.41) is 4.42. The van der Waals surface area contributed by atoms with Gasteiger partial charge in [-0.25, -0.2) is 4.79 Å². The number of piperidine rings is 1. The first-order chi connectivity index (χ1) is 10.8. The molecule has 8 heteroatoms. The van der Waals surface area contributed by atoms with E-state index in [0.717, 1.165) is 6.07 Å². The maximum Gasteiger partial charge on any atom is 0.425 e. The molecule has 1 unspecified atom stereocenters. The van der Waals surface area contributed by atoms with E-state index in [-0.39, 0.29) is 5.75 Å². The highest BCUT2D eigenvalue weighted by molar-refractivity contribution is 7.10. The molecule has 0 spiro atoms. The van der Waals surface area contributed by atoms with Gasteiger partial charge in [-0.1, -0.05) is 6.08 Å². The third-order valence-corrected chi connectivity index (χ3v) is 4.72. The Bertz CT molecular complexity index is 573. The summed E-state index contributed by atoms with van der Waals surface area (Å²) in [6.45, 7) is 4.35. The van der Waals surface area contributed by atoms with Crippen molar-refractivity contribution in [1.29, 1.82) is 0 Å². The van der Waals surface area contributed by atoms with Crippen LogP contribution >= 0.6 is 11.3 Å². The smallest absolute Gasteiger partial charge is 0.425 e. The lowest BCUT2D eigenvalue weighted by atomic mass is 9.83. The Balaban J connectivity index is 2.33. The van der Waals surface area contributed by atoms with Gasteiger partial charge in [0.2, 0.25) is 5.60 Å². The fraction of sp³-hybridized carbons (Fsp3) is 0.533. The third kappa shape index (κ3) is 3.69. The Morgan fingerprint density at radius 3 is 2.91 bits per heavy atom. The third-order valence-electron chi connectivity index (χ3n) is 3.77. The highest BCUT2D eigenvalue weighted by Gasteiger charge is 2.50. The van der Waals surface area contributed by atoms with E-state index in [9.17, 15) is 18.0 Å². The number of methoxy groups -OCH3 is 1. The van der Waals surface area contributed by atoms with Crippen molar-refractivity contribution in [1.82, 2.24) is 5.32 Å². The largest absolute Gasteiger partial charge is 0.473 e. The Kier molecular flexibility index (Phi) is 5.36. The van der Waals surface area contributed by atoms with Gasteiger partial charge in [0.1, 0.15) is 10.6 Å². The molecule has 1 saturated heterocycles. The standard InChI is InChI=1S/C15H18F3NO3S/c1-3-5-11-14(13(20)21-2,6-4-7-19-11)22-10-8-12(23-9-10)15(16,17)18/h3,8-9,11,19H,1,4-7H2,2H3/t11?,14-/m0/s1. The average molecular weight is 349 g/mol. The van der Waals surface area contributed by atoms with Crippen molar-refractivity contribution in [2.24, 2.45) is 0 Å². The molecule has 23 heavy (non-hydrogen) atoms. The fourth-order valence-corrected chi connectivity index (χ4v) is 3.40. The summed E-state index contributed by atoms with van der Waals surface area (Å²) in [5.74, 6) is -0.582. The molecule has 1 N–H and O–H groups in total. The molecule has 0 amide bonds. The summed E-state index contributed by atoms with van der Waals surface area (Å²) in [6, 6.07) is 0.505. The van der Waals surface area contributed by atoms with E-state index in [4.69, 9.17) is 9.47 Å². The Morgan fingerprint density at radius 2 is 2.35 bits per heavy atom. The highest BCUT2D eigenvalue weighted by atomic mass is 32.1. The molecule has 2 rings (SSSR count). The van der Waals surface area contributed by atoms with Crippen LogP contribution in [0.2, 0.25) is 0 Å². The van der Waals surface area contributed by atoms with E-state index in [2.05, 4.69) is 11.9 Å². The lowest BCUT2D eigenvalue weighted by Gasteiger charge is -2.41. The van der Waals surface area contributed by atoms with Crippen LogP contribution in [0.5, 0.6) is 5.75 Å². The summed E-state index contributed by atoms with van der Waals surface area (Å²) in [7, 11) is 1.24. The topological polar surface area (TPSA) is 47.6 Å². The van der Waals surface area contributed by atoms with Crippen molar-refractivity contribution in [3.05, 3.63) is 29.0 Å². The fourth-order valence-electron chi connectivity index (χ4n) is 2.72. The van der Waals surface area contributed by atoms with Gasteiger partial charge in [-0.3, -0.25) is 0 Å². The lowest BCUT2D eigenvalue weighted by molar-refractivity contribution is -0.164. The van der Waals surface area contributed by atoms with Crippen LogP contribution in [-0.2, 0) is 15.7 Å². The number of rotatable bonds is 5. The van der Waals surface area contributed by atoms with Crippen LogP contribution in [0, 0.1) is 0 Å². The molecular weight excluding hydrogens is 331 g/mol. The summed E-state index contributed by atoms with van der Waals surface area (Å²) >= 11 is 0.535. The molecule has 0 bridgehead atoms. The van der Waals surface area contributed by atoms with Crippen LogP contribution in [-0.4, -0.2) is 31.3 Å². The minimum absolute atomic E-state index is 0.0190. The van der Waals surface area contributed by atoms with Gasteiger partial charge < -0.3 is 14.8 Å². The van der Waals surface area contributed by atoms with E-state index in [1.165, 1.54) is 12.5 Å². The number of ether oxygens (including phenoxy) is 2. The zero-order valence-corrected chi connectivity index (χ0v) is 13.4. The number of carbonyl (C=O) groups excluding carboxylic acids is 1. The number of carbonyl (C=O) groups is 1. The molecular formula is C15H18F3NO3S. The molecule has 0 aliphatic carbocycles. The minimum Gasteiger partial charge on any atom is -0.473 e. The van der Waals surface area contributed by atoms with Gasteiger partial charge >= 0.3 is 12.1 Å². The van der Waals surface area contributed by atoms with Crippen molar-refractivity contribution in [2.45, 2.75) is 37.1 Å². The number of alkyl halides is 3. The van der Waals surface area contributed by atoms with Crippen LogP contribution in [0.25, 0.3) is 0 Å². The molecule has 2 atom stereocenters. The molecule has 0 radical (unpaired) electrons. The molecule has 1 aliphatic rings. The maximum atomic E-state index is 12.7. The number of thiophene rings is 1. The molecule has 128 valence electrons. The number of halogens is 3. The van der Waals surface area contributed by atoms with Crippen molar-refractivity contribution in [2.75, 3.05) is 13.7 Å². The van der Waals surface area contributed by atoms with Crippen LogP contribution in [0.4, 0.5) is 13.2 Å². The number of nitrogens with one attached hydrogen (secondary N) is 1. The molecule has 0 saturated carbocycles. The van der Waals surface area contributed by atoms with E-state index in [0.29, 0.717) is 37.1 Å². The summed E-state index contributed by atoms with van der Waals surface area (Å²) < 4.78 is 48.8. The van der Waals surface area contributed by atoms with Crippen molar-refractivity contribution in [3.8, 4) is 5.75 Å². The Hall–Kier alpha value is -1.54. The van der Waals surface area contributed by atoms with E-state index >= 15 is 0 Å². The molecule has 1 aliphatic heterocycles. The van der Waals surface area contributed by atoms with Gasteiger partial charge in [-0.2, -0.15) is 13.2 Å². The van der Waals surface area contributed by atoms with Gasteiger partial charge in [-0.05, 0) is 19.4 Å². The van der Waals surface area contributed by atoms with Crippen LogP contribution < -0.4 is 10.1 Å². The second-order valence-corrected chi connectivity index (χ2v) is 6.17. The summed E-state index contributed by atoms with van der Waals surface area (Å²) in [6.07, 6.45) is -1.35. The van der Waals surface area contributed by atoms with Gasteiger partial charge in [0.15, 0.2) is 0 Å². The van der Waals surface area contributed by atoms with Crippen LogP contribution in [0.15, 0.2) is 24.1 Å². The average Bonchev–Trinajstić information content (AvgIpc) is 2.97. The van der Waals surface area contributed by atoms with E-state index in [1.54, 1.807) is 6.08 Å². The zero-order chi connectivity index (χ0) is 17.1. The number of hydrogen-bond acceptors (Lipinski definition) is 5. The molecule has 1 aromatic rings. The minimum atomic E-state index is -4.43. The lowest BCUT2D eigenvalue weighted by Crippen LogP contribution is -2.63. The SMILES string of the molecule is C=CCC1NCCC[C@@]1(Oc1csc(C(F)(F)F)c1)C(=O)OC. The maximum absolute atomic E-state index is 12.7. The highest BCUT2D eigenvalue weighted by Crippen LogP contribution is 2.39. The summed E-state index contributed by atoms with van der Waals surface area (Å²) in [4.78, 5) is 11.6. The van der Waals surface area contributed by atoms with Crippen LogP contribution in [0.1, 0.15) is 24.1 Å². The molecule has 4 nitrogen and oxygen atoms in total.